The minimum absolute atomic E-state index is 0.211. The van der Waals surface area contributed by atoms with E-state index in [1.54, 1.807) is 18.2 Å². The number of halogens is 1. The van der Waals surface area contributed by atoms with E-state index in [1.807, 2.05) is 44.2 Å². The molecule has 2 aromatic carbocycles. The van der Waals surface area contributed by atoms with Crippen LogP contribution in [0.3, 0.4) is 0 Å². The Balaban J connectivity index is 2.10. The van der Waals surface area contributed by atoms with Gasteiger partial charge in [-0.1, -0.05) is 35.9 Å². The first-order valence-electron chi connectivity index (χ1n) is 7.07. The molecule has 1 amide bonds. The Bertz CT molecular complexity index is 695. The molecule has 0 saturated carbocycles. The van der Waals surface area contributed by atoms with Crippen molar-refractivity contribution in [1.82, 2.24) is 0 Å². The van der Waals surface area contributed by atoms with Gasteiger partial charge in [0, 0.05) is 22.3 Å². The number of carbonyl (C=O) groups is 1. The van der Waals surface area contributed by atoms with Crippen molar-refractivity contribution in [2.24, 2.45) is 0 Å². The van der Waals surface area contributed by atoms with Crippen molar-refractivity contribution in [3.05, 3.63) is 64.7 Å². The summed E-state index contributed by atoms with van der Waals surface area (Å²) in [5.74, 6) is 0.546. The third kappa shape index (κ3) is 4.37. The maximum atomic E-state index is 12.0. The Hall–Kier alpha value is -2.26. The fourth-order valence-corrected chi connectivity index (χ4v) is 2.15. The summed E-state index contributed by atoms with van der Waals surface area (Å²) in [5, 5.41) is 3.41. The van der Waals surface area contributed by atoms with Crippen LogP contribution in [0.1, 0.15) is 18.1 Å². The Labute approximate surface area is 135 Å². The van der Waals surface area contributed by atoms with Crippen LogP contribution in [0.5, 0.6) is 5.75 Å². The van der Waals surface area contributed by atoms with Gasteiger partial charge in [0.25, 0.3) is 0 Å². The molecule has 0 bridgehead atoms. The van der Waals surface area contributed by atoms with E-state index in [-0.39, 0.29) is 5.91 Å². The van der Waals surface area contributed by atoms with Crippen molar-refractivity contribution in [2.45, 2.75) is 13.8 Å². The van der Waals surface area contributed by atoms with Crippen LogP contribution in [-0.2, 0) is 4.79 Å². The summed E-state index contributed by atoms with van der Waals surface area (Å²) in [4.78, 5) is 12.0. The fourth-order valence-electron chi connectivity index (χ4n) is 1.97. The quantitative estimate of drug-likeness (QED) is 0.812. The van der Waals surface area contributed by atoms with Crippen molar-refractivity contribution >= 4 is 29.3 Å². The highest BCUT2D eigenvalue weighted by molar-refractivity contribution is 6.31. The molecular weight excluding hydrogens is 298 g/mol. The number of aryl methyl sites for hydroxylation is 1. The number of carbonyl (C=O) groups excluding carboxylic acids is 1. The second-order valence-electron chi connectivity index (χ2n) is 4.75. The topological polar surface area (TPSA) is 38.3 Å². The summed E-state index contributed by atoms with van der Waals surface area (Å²) in [6, 6.07) is 13.0. The Morgan fingerprint density at radius 1 is 1.27 bits per heavy atom. The number of para-hydroxylation sites is 1. The molecule has 0 radical (unpaired) electrons. The molecule has 2 aromatic rings. The van der Waals surface area contributed by atoms with Gasteiger partial charge in [-0.2, -0.15) is 0 Å². The summed E-state index contributed by atoms with van der Waals surface area (Å²) >= 11 is 5.94. The lowest BCUT2D eigenvalue weighted by Gasteiger charge is -2.08. The average Bonchev–Trinajstić information content (AvgIpc) is 2.50. The summed E-state index contributed by atoms with van der Waals surface area (Å²) in [6.45, 7) is 4.42. The smallest absolute Gasteiger partial charge is 0.248 e. The van der Waals surface area contributed by atoms with Gasteiger partial charge >= 0.3 is 0 Å². The third-order valence-corrected chi connectivity index (χ3v) is 3.33. The van der Waals surface area contributed by atoms with Crippen LogP contribution in [0.15, 0.2) is 48.5 Å². The summed E-state index contributed by atoms with van der Waals surface area (Å²) in [7, 11) is 0. The zero-order valence-corrected chi connectivity index (χ0v) is 13.4. The van der Waals surface area contributed by atoms with E-state index in [0.717, 1.165) is 16.9 Å². The van der Waals surface area contributed by atoms with E-state index in [9.17, 15) is 4.79 Å². The number of hydrogen-bond donors (Lipinski definition) is 1. The van der Waals surface area contributed by atoms with E-state index in [1.165, 1.54) is 6.08 Å². The first kappa shape index (κ1) is 16.1. The summed E-state index contributed by atoms with van der Waals surface area (Å²) < 4.78 is 5.52. The molecule has 2 rings (SSSR count). The molecule has 4 heteroatoms. The summed E-state index contributed by atoms with van der Waals surface area (Å²) in [6.07, 6.45) is 3.22. The van der Waals surface area contributed by atoms with Gasteiger partial charge in [-0.3, -0.25) is 4.79 Å². The molecular formula is C18H18ClNO2. The number of rotatable bonds is 5. The molecule has 0 aliphatic heterocycles. The standard InChI is InChI=1S/C18H18ClNO2/c1-3-22-17-7-5-4-6-14(17)9-11-18(21)20-16-12-15(19)10-8-13(16)2/h4-12H,3H2,1-2H3,(H,20,21)/b11-9+. The Morgan fingerprint density at radius 2 is 2.05 bits per heavy atom. The van der Waals surface area contributed by atoms with Crippen molar-refractivity contribution in [2.75, 3.05) is 11.9 Å². The molecule has 3 nitrogen and oxygen atoms in total. The second-order valence-corrected chi connectivity index (χ2v) is 5.19. The molecule has 22 heavy (non-hydrogen) atoms. The minimum atomic E-state index is -0.211. The highest BCUT2D eigenvalue weighted by atomic mass is 35.5. The van der Waals surface area contributed by atoms with Gasteiger partial charge in [-0.25, -0.2) is 0 Å². The lowest BCUT2D eigenvalue weighted by Crippen LogP contribution is -2.08. The lowest BCUT2D eigenvalue weighted by atomic mass is 10.1. The second kappa shape index (κ2) is 7.66. The maximum absolute atomic E-state index is 12.0. The first-order valence-corrected chi connectivity index (χ1v) is 7.45. The summed E-state index contributed by atoms with van der Waals surface area (Å²) in [5.41, 5.74) is 2.53. The van der Waals surface area contributed by atoms with Gasteiger partial charge in [-0.15, -0.1) is 0 Å². The average molecular weight is 316 g/mol. The third-order valence-electron chi connectivity index (χ3n) is 3.09. The molecule has 0 saturated heterocycles. The van der Waals surface area contributed by atoms with Gasteiger partial charge in [0.05, 0.1) is 6.61 Å². The van der Waals surface area contributed by atoms with Gasteiger partial charge in [0.2, 0.25) is 5.91 Å². The van der Waals surface area contributed by atoms with Gasteiger partial charge < -0.3 is 10.1 Å². The van der Waals surface area contributed by atoms with Crippen LogP contribution in [0.4, 0.5) is 5.69 Å². The molecule has 0 aromatic heterocycles. The van der Waals surface area contributed by atoms with Crippen LogP contribution >= 0.6 is 11.6 Å². The van der Waals surface area contributed by atoms with E-state index < -0.39 is 0 Å². The van der Waals surface area contributed by atoms with E-state index in [4.69, 9.17) is 16.3 Å². The number of amides is 1. The van der Waals surface area contributed by atoms with Crippen molar-refractivity contribution in [1.29, 1.82) is 0 Å². The van der Waals surface area contributed by atoms with Crippen LogP contribution in [0, 0.1) is 6.92 Å². The van der Waals surface area contributed by atoms with Crippen LogP contribution in [0.2, 0.25) is 5.02 Å². The van der Waals surface area contributed by atoms with E-state index in [2.05, 4.69) is 5.32 Å². The van der Waals surface area contributed by atoms with Gasteiger partial charge in [0.1, 0.15) is 5.75 Å². The first-order chi connectivity index (χ1) is 10.6. The number of anilines is 1. The monoisotopic (exact) mass is 315 g/mol. The molecule has 1 N–H and O–H groups in total. The molecule has 0 unspecified atom stereocenters. The van der Waals surface area contributed by atoms with Gasteiger partial charge in [0.15, 0.2) is 0 Å². The number of hydrogen-bond acceptors (Lipinski definition) is 2. The van der Waals surface area contributed by atoms with Crippen molar-refractivity contribution in [3.63, 3.8) is 0 Å². The highest BCUT2D eigenvalue weighted by Gasteiger charge is 2.04. The molecule has 0 aliphatic rings. The van der Waals surface area contributed by atoms with Gasteiger partial charge in [-0.05, 0) is 43.7 Å². The number of benzene rings is 2. The van der Waals surface area contributed by atoms with E-state index >= 15 is 0 Å². The molecule has 0 aliphatic carbocycles. The number of nitrogens with one attached hydrogen (secondary N) is 1. The van der Waals surface area contributed by atoms with Crippen molar-refractivity contribution in [3.8, 4) is 5.75 Å². The molecule has 114 valence electrons. The van der Waals surface area contributed by atoms with Crippen molar-refractivity contribution < 1.29 is 9.53 Å². The predicted molar refractivity (Wildman–Crippen MR) is 91.5 cm³/mol. The minimum Gasteiger partial charge on any atom is -0.493 e. The maximum Gasteiger partial charge on any atom is 0.248 e. The Kier molecular flexibility index (Phi) is 5.61. The Morgan fingerprint density at radius 3 is 2.82 bits per heavy atom. The lowest BCUT2D eigenvalue weighted by molar-refractivity contribution is -0.111. The van der Waals surface area contributed by atoms with E-state index in [0.29, 0.717) is 17.3 Å². The highest BCUT2D eigenvalue weighted by Crippen LogP contribution is 2.21. The van der Waals surface area contributed by atoms with Crippen LogP contribution in [-0.4, -0.2) is 12.5 Å². The molecule has 0 spiro atoms. The van der Waals surface area contributed by atoms with Crippen LogP contribution < -0.4 is 10.1 Å². The molecule has 0 fully saturated rings. The zero-order valence-electron chi connectivity index (χ0n) is 12.6. The zero-order chi connectivity index (χ0) is 15.9. The fraction of sp³-hybridized carbons (Fsp3) is 0.167. The molecule has 0 atom stereocenters. The molecule has 0 heterocycles. The normalized spacial score (nSPS) is 10.7. The predicted octanol–water partition coefficient (Wildman–Crippen LogP) is 4.70. The van der Waals surface area contributed by atoms with Crippen LogP contribution in [0.25, 0.3) is 6.08 Å². The SMILES string of the molecule is CCOc1ccccc1/C=C/C(=O)Nc1cc(Cl)ccc1C. The number of ether oxygens (including phenoxy) is 1. The largest absolute Gasteiger partial charge is 0.493 e.